The number of benzene rings is 2. The summed E-state index contributed by atoms with van der Waals surface area (Å²) in [6.45, 7) is 1.60. The molecule has 0 saturated carbocycles. The van der Waals surface area contributed by atoms with Gasteiger partial charge in [-0.25, -0.2) is 0 Å². The predicted octanol–water partition coefficient (Wildman–Crippen LogP) is 3.46. The second kappa shape index (κ2) is 7.04. The lowest BCUT2D eigenvalue weighted by Gasteiger charge is -2.15. The molecular weight excluding hydrogens is 330 g/mol. The van der Waals surface area contributed by atoms with Crippen LogP contribution in [0.2, 0.25) is 0 Å². The molecule has 0 atom stereocenters. The highest BCUT2D eigenvalue weighted by molar-refractivity contribution is 5.83. The van der Waals surface area contributed by atoms with Gasteiger partial charge >= 0.3 is 0 Å². The summed E-state index contributed by atoms with van der Waals surface area (Å²) in [6, 6.07) is 14.5. The lowest BCUT2D eigenvalue weighted by molar-refractivity contribution is -0.132. The Morgan fingerprint density at radius 2 is 1.85 bits per heavy atom. The van der Waals surface area contributed by atoms with Crippen LogP contribution < -0.4 is 10.2 Å². The van der Waals surface area contributed by atoms with Crippen LogP contribution in [0.3, 0.4) is 0 Å². The Bertz CT molecular complexity index is 988. The Hall–Kier alpha value is -3.08. The third-order valence-electron chi connectivity index (χ3n) is 4.65. The number of ether oxygens (including phenoxy) is 1. The van der Waals surface area contributed by atoms with Crippen molar-refractivity contribution in [3.63, 3.8) is 0 Å². The van der Waals surface area contributed by atoms with Gasteiger partial charge in [-0.3, -0.25) is 9.59 Å². The minimum absolute atomic E-state index is 0.00215. The summed E-state index contributed by atoms with van der Waals surface area (Å²) in [4.78, 5) is 26.6. The fraction of sp³-hybridized carbons (Fsp3) is 0.238. The molecule has 4 rings (SSSR count). The van der Waals surface area contributed by atoms with Crippen molar-refractivity contribution in [2.24, 2.45) is 0 Å². The average molecular weight is 349 g/mol. The molecule has 2 aromatic carbocycles. The first kappa shape index (κ1) is 16.4. The van der Waals surface area contributed by atoms with Gasteiger partial charge < -0.3 is 14.1 Å². The van der Waals surface area contributed by atoms with Gasteiger partial charge in [-0.15, -0.1) is 0 Å². The first-order valence-corrected chi connectivity index (χ1v) is 8.74. The van der Waals surface area contributed by atoms with Gasteiger partial charge in [0.05, 0.1) is 10.9 Å². The fourth-order valence-corrected chi connectivity index (χ4v) is 3.22. The SMILES string of the molecule is O=C(COc1ccc2c(=O)c(-c3ccccc3)coc2c1)N1CCCC1. The molecule has 0 unspecified atom stereocenters. The molecule has 5 nitrogen and oxygen atoms in total. The number of carbonyl (C=O) groups excluding carboxylic acids is 1. The van der Waals surface area contributed by atoms with E-state index in [9.17, 15) is 9.59 Å². The molecule has 0 N–H and O–H groups in total. The molecule has 1 aliphatic rings. The van der Waals surface area contributed by atoms with E-state index in [1.54, 1.807) is 18.2 Å². The molecule has 2 heterocycles. The Morgan fingerprint density at radius 3 is 2.62 bits per heavy atom. The van der Waals surface area contributed by atoms with Gasteiger partial charge in [-0.05, 0) is 30.5 Å². The van der Waals surface area contributed by atoms with Gasteiger partial charge in [-0.1, -0.05) is 30.3 Å². The number of rotatable bonds is 4. The van der Waals surface area contributed by atoms with Crippen LogP contribution in [0.1, 0.15) is 12.8 Å². The Labute approximate surface area is 150 Å². The van der Waals surface area contributed by atoms with Crippen molar-refractivity contribution in [3.8, 4) is 16.9 Å². The number of carbonyl (C=O) groups is 1. The van der Waals surface area contributed by atoms with Crippen molar-refractivity contribution >= 4 is 16.9 Å². The fourth-order valence-electron chi connectivity index (χ4n) is 3.22. The van der Waals surface area contributed by atoms with E-state index in [-0.39, 0.29) is 17.9 Å². The minimum Gasteiger partial charge on any atom is -0.484 e. The number of fused-ring (bicyclic) bond motifs is 1. The van der Waals surface area contributed by atoms with Crippen LogP contribution in [-0.4, -0.2) is 30.5 Å². The van der Waals surface area contributed by atoms with Crippen molar-refractivity contribution in [3.05, 3.63) is 65.0 Å². The first-order chi connectivity index (χ1) is 12.7. The Kier molecular flexibility index (Phi) is 4.44. The second-order valence-electron chi connectivity index (χ2n) is 6.38. The number of hydrogen-bond donors (Lipinski definition) is 0. The van der Waals surface area contributed by atoms with Crippen molar-refractivity contribution in [2.75, 3.05) is 19.7 Å². The van der Waals surface area contributed by atoms with E-state index in [2.05, 4.69) is 0 Å². The van der Waals surface area contributed by atoms with Crippen LogP contribution in [-0.2, 0) is 4.79 Å². The first-order valence-electron chi connectivity index (χ1n) is 8.74. The standard InChI is InChI=1S/C21H19NO4/c23-20(22-10-4-5-11-22)14-25-16-8-9-17-19(12-16)26-13-18(21(17)24)15-6-2-1-3-7-15/h1-3,6-9,12-13H,4-5,10-11,14H2. The molecule has 5 heteroatoms. The van der Waals surface area contributed by atoms with Crippen LogP contribution in [0.25, 0.3) is 22.1 Å². The summed E-state index contributed by atoms with van der Waals surface area (Å²) in [5.41, 5.74) is 1.70. The van der Waals surface area contributed by atoms with Crippen LogP contribution in [0, 0.1) is 0 Å². The maximum absolute atomic E-state index is 12.7. The summed E-state index contributed by atoms with van der Waals surface area (Å²) in [6.07, 6.45) is 3.58. The zero-order chi connectivity index (χ0) is 17.9. The van der Waals surface area contributed by atoms with E-state index in [4.69, 9.17) is 9.15 Å². The number of nitrogens with zero attached hydrogens (tertiary/aromatic N) is 1. The third-order valence-corrected chi connectivity index (χ3v) is 4.65. The minimum atomic E-state index is -0.0860. The van der Waals surface area contributed by atoms with Crippen LogP contribution in [0.4, 0.5) is 0 Å². The molecule has 0 bridgehead atoms. The quantitative estimate of drug-likeness (QED) is 0.724. The molecule has 3 aromatic rings. The summed E-state index contributed by atoms with van der Waals surface area (Å²) < 4.78 is 11.2. The smallest absolute Gasteiger partial charge is 0.260 e. The van der Waals surface area contributed by atoms with Gasteiger partial charge in [0.25, 0.3) is 5.91 Å². The van der Waals surface area contributed by atoms with Crippen molar-refractivity contribution in [2.45, 2.75) is 12.8 Å². The zero-order valence-corrected chi connectivity index (χ0v) is 14.3. The topological polar surface area (TPSA) is 59.8 Å². The second-order valence-corrected chi connectivity index (χ2v) is 6.38. The molecule has 0 spiro atoms. The van der Waals surface area contributed by atoms with Crippen LogP contribution >= 0.6 is 0 Å². The van der Waals surface area contributed by atoms with E-state index >= 15 is 0 Å². The maximum Gasteiger partial charge on any atom is 0.260 e. The Balaban J connectivity index is 1.56. The largest absolute Gasteiger partial charge is 0.484 e. The molecule has 26 heavy (non-hydrogen) atoms. The van der Waals surface area contributed by atoms with E-state index in [0.717, 1.165) is 31.5 Å². The number of amides is 1. The van der Waals surface area contributed by atoms with Crippen LogP contribution in [0.5, 0.6) is 5.75 Å². The maximum atomic E-state index is 12.7. The monoisotopic (exact) mass is 349 g/mol. The number of hydrogen-bond acceptors (Lipinski definition) is 4. The highest BCUT2D eigenvalue weighted by Gasteiger charge is 2.18. The van der Waals surface area contributed by atoms with E-state index in [1.165, 1.54) is 6.26 Å². The summed E-state index contributed by atoms with van der Waals surface area (Å²) >= 11 is 0. The van der Waals surface area contributed by atoms with E-state index < -0.39 is 0 Å². The number of likely N-dealkylation sites (tertiary alicyclic amines) is 1. The summed E-state index contributed by atoms with van der Waals surface area (Å²) in [7, 11) is 0. The molecule has 1 aliphatic heterocycles. The van der Waals surface area contributed by atoms with Gasteiger partial charge in [-0.2, -0.15) is 0 Å². The Morgan fingerprint density at radius 1 is 1.08 bits per heavy atom. The molecule has 0 aliphatic carbocycles. The van der Waals surface area contributed by atoms with Gasteiger partial charge in [0.2, 0.25) is 0 Å². The highest BCUT2D eigenvalue weighted by Crippen LogP contribution is 2.23. The lowest BCUT2D eigenvalue weighted by Crippen LogP contribution is -2.32. The third kappa shape index (κ3) is 3.20. The normalized spacial score (nSPS) is 13.9. The molecular formula is C21H19NO4. The highest BCUT2D eigenvalue weighted by atomic mass is 16.5. The molecule has 0 radical (unpaired) electrons. The molecule has 132 valence electrons. The average Bonchev–Trinajstić information content (AvgIpc) is 3.22. The molecule has 1 saturated heterocycles. The van der Waals surface area contributed by atoms with Crippen molar-refractivity contribution in [1.82, 2.24) is 4.90 Å². The van der Waals surface area contributed by atoms with Crippen molar-refractivity contribution < 1.29 is 13.9 Å². The summed E-state index contributed by atoms with van der Waals surface area (Å²) in [5, 5.41) is 0.490. The lowest BCUT2D eigenvalue weighted by atomic mass is 10.1. The van der Waals surface area contributed by atoms with Gasteiger partial charge in [0.15, 0.2) is 12.0 Å². The molecule has 1 amide bonds. The molecule has 1 fully saturated rings. The van der Waals surface area contributed by atoms with Gasteiger partial charge in [0.1, 0.15) is 17.6 Å². The van der Waals surface area contributed by atoms with Crippen LogP contribution in [0.15, 0.2) is 64.0 Å². The predicted molar refractivity (Wildman–Crippen MR) is 99.2 cm³/mol. The van der Waals surface area contributed by atoms with Gasteiger partial charge in [0, 0.05) is 19.2 Å². The molecule has 1 aromatic heterocycles. The van der Waals surface area contributed by atoms with E-state index in [0.29, 0.717) is 22.3 Å². The van der Waals surface area contributed by atoms with E-state index in [1.807, 2.05) is 35.2 Å². The van der Waals surface area contributed by atoms with Crippen molar-refractivity contribution in [1.29, 1.82) is 0 Å². The zero-order valence-electron chi connectivity index (χ0n) is 14.3. The summed E-state index contributed by atoms with van der Waals surface area (Å²) in [5.74, 6) is 0.504.